The molecule has 5 nitrogen and oxygen atoms in total. The van der Waals surface area contributed by atoms with Gasteiger partial charge in [0.15, 0.2) is 11.9 Å². The van der Waals surface area contributed by atoms with Crippen LogP contribution in [0.5, 0.6) is 0 Å². The SMILES string of the molecule is CCC(=O)O[C@@H](C)C(=O)Nc1ncc(Cl)cc1Cl. The maximum atomic E-state index is 11.7. The van der Waals surface area contributed by atoms with E-state index >= 15 is 0 Å². The number of ether oxygens (including phenoxy) is 1. The fourth-order valence-corrected chi connectivity index (χ4v) is 1.49. The highest BCUT2D eigenvalue weighted by Gasteiger charge is 2.18. The Morgan fingerprint density at radius 1 is 1.50 bits per heavy atom. The molecule has 0 aromatic carbocycles. The van der Waals surface area contributed by atoms with Crippen molar-refractivity contribution in [3.8, 4) is 0 Å². The summed E-state index contributed by atoms with van der Waals surface area (Å²) in [7, 11) is 0. The molecule has 1 amide bonds. The van der Waals surface area contributed by atoms with E-state index < -0.39 is 18.0 Å². The third-order valence-electron chi connectivity index (χ3n) is 2.02. The van der Waals surface area contributed by atoms with Crippen LogP contribution in [0.2, 0.25) is 10.0 Å². The average Bonchev–Trinajstić information content (AvgIpc) is 2.32. The number of hydrogen-bond donors (Lipinski definition) is 1. The quantitative estimate of drug-likeness (QED) is 0.866. The summed E-state index contributed by atoms with van der Waals surface area (Å²) in [6.45, 7) is 3.11. The van der Waals surface area contributed by atoms with Crippen molar-refractivity contribution in [3.05, 3.63) is 22.3 Å². The van der Waals surface area contributed by atoms with Gasteiger partial charge in [-0.3, -0.25) is 9.59 Å². The number of halogens is 2. The Kier molecular flexibility index (Phi) is 5.37. The number of carbonyl (C=O) groups is 2. The maximum Gasteiger partial charge on any atom is 0.306 e. The van der Waals surface area contributed by atoms with E-state index in [1.165, 1.54) is 19.2 Å². The van der Waals surface area contributed by atoms with Crippen molar-refractivity contribution in [1.29, 1.82) is 0 Å². The van der Waals surface area contributed by atoms with E-state index in [1.807, 2.05) is 0 Å². The molecular weight excluding hydrogens is 279 g/mol. The van der Waals surface area contributed by atoms with Crippen molar-refractivity contribution in [2.75, 3.05) is 5.32 Å². The van der Waals surface area contributed by atoms with E-state index in [9.17, 15) is 9.59 Å². The minimum atomic E-state index is -0.911. The molecule has 1 aromatic heterocycles. The zero-order valence-electron chi connectivity index (χ0n) is 9.87. The van der Waals surface area contributed by atoms with E-state index in [4.69, 9.17) is 27.9 Å². The van der Waals surface area contributed by atoms with E-state index in [-0.39, 0.29) is 17.3 Å². The van der Waals surface area contributed by atoms with E-state index in [0.29, 0.717) is 5.02 Å². The summed E-state index contributed by atoms with van der Waals surface area (Å²) in [5.41, 5.74) is 0. The lowest BCUT2D eigenvalue weighted by Crippen LogP contribution is -2.30. The first-order chi connectivity index (χ1) is 8.43. The molecule has 0 spiro atoms. The van der Waals surface area contributed by atoms with Gasteiger partial charge in [-0.15, -0.1) is 0 Å². The molecule has 1 atom stereocenters. The number of anilines is 1. The first kappa shape index (κ1) is 14.7. The summed E-state index contributed by atoms with van der Waals surface area (Å²) in [5, 5.41) is 3.03. The van der Waals surface area contributed by atoms with Gasteiger partial charge in [0.1, 0.15) is 0 Å². The summed E-state index contributed by atoms with van der Waals surface area (Å²) < 4.78 is 4.85. The molecule has 0 aliphatic carbocycles. The van der Waals surface area contributed by atoms with Crippen LogP contribution in [0, 0.1) is 0 Å². The average molecular weight is 291 g/mol. The summed E-state index contributed by atoms with van der Waals surface area (Å²) in [4.78, 5) is 26.6. The molecule has 1 rings (SSSR count). The van der Waals surface area contributed by atoms with Gasteiger partial charge in [-0.2, -0.15) is 0 Å². The number of pyridine rings is 1. The van der Waals surface area contributed by atoms with Gasteiger partial charge in [-0.1, -0.05) is 30.1 Å². The molecule has 0 saturated heterocycles. The second-order valence-corrected chi connectivity index (χ2v) is 4.30. The number of hydrogen-bond acceptors (Lipinski definition) is 4. The minimum absolute atomic E-state index is 0.172. The van der Waals surface area contributed by atoms with Gasteiger partial charge in [0.25, 0.3) is 5.91 Å². The molecule has 0 bridgehead atoms. The monoisotopic (exact) mass is 290 g/mol. The Bertz CT molecular complexity index is 466. The predicted octanol–water partition coefficient (Wildman–Crippen LogP) is 2.67. The zero-order chi connectivity index (χ0) is 13.7. The molecule has 0 fully saturated rings. The Labute approximate surface area is 114 Å². The second kappa shape index (κ2) is 6.56. The predicted molar refractivity (Wildman–Crippen MR) is 68.7 cm³/mol. The molecule has 18 heavy (non-hydrogen) atoms. The van der Waals surface area contributed by atoms with Crippen molar-refractivity contribution < 1.29 is 14.3 Å². The topological polar surface area (TPSA) is 68.3 Å². The van der Waals surface area contributed by atoms with Crippen molar-refractivity contribution in [2.45, 2.75) is 26.4 Å². The van der Waals surface area contributed by atoms with E-state index in [1.54, 1.807) is 6.92 Å². The van der Waals surface area contributed by atoms with Gasteiger partial charge in [0.2, 0.25) is 0 Å². The van der Waals surface area contributed by atoms with Gasteiger partial charge in [0.05, 0.1) is 10.0 Å². The molecule has 0 radical (unpaired) electrons. The van der Waals surface area contributed by atoms with Crippen LogP contribution in [0.15, 0.2) is 12.3 Å². The molecule has 7 heteroatoms. The normalized spacial score (nSPS) is 11.8. The first-order valence-corrected chi connectivity index (χ1v) is 6.01. The van der Waals surface area contributed by atoms with Crippen molar-refractivity contribution in [3.63, 3.8) is 0 Å². The molecule has 98 valence electrons. The molecule has 1 N–H and O–H groups in total. The van der Waals surface area contributed by atoms with E-state index in [0.717, 1.165) is 0 Å². The standard InChI is InChI=1S/C11H12Cl2N2O3/c1-3-9(16)18-6(2)11(17)15-10-8(13)4-7(12)5-14-10/h4-6H,3H2,1-2H3,(H,14,15,17)/t6-/m0/s1. The number of carbonyl (C=O) groups excluding carboxylic acids is 2. The zero-order valence-corrected chi connectivity index (χ0v) is 11.4. The summed E-state index contributed by atoms with van der Waals surface area (Å²) >= 11 is 11.5. The van der Waals surface area contributed by atoms with Crippen molar-refractivity contribution in [1.82, 2.24) is 4.98 Å². The van der Waals surface area contributed by atoms with Gasteiger partial charge >= 0.3 is 5.97 Å². The number of nitrogens with zero attached hydrogens (tertiary/aromatic N) is 1. The number of nitrogens with one attached hydrogen (secondary N) is 1. The minimum Gasteiger partial charge on any atom is -0.453 e. The van der Waals surface area contributed by atoms with E-state index in [2.05, 4.69) is 10.3 Å². The summed E-state index contributed by atoms with van der Waals surface area (Å²) in [6.07, 6.45) is 0.648. The van der Waals surface area contributed by atoms with Crippen LogP contribution in [0.25, 0.3) is 0 Å². The second-order valence-electron chi connectivity index (χ2n) is 3.46. The first-order valence-electron chi connectivity index (χ1n) is 5.25. The van der Waals surface area contributed by atoms with Gasteiger partial charge in [-0.25, -0.2) is 4.98 Å². The number of esters is 1. The molecular formula is C11H12Cl2N2O3. The molecule has 0 saturated carbocycles. The Morgan fingerprint density at radius 2 is 2.17 bits per heavy atom. The lowest BCUT2D eigenvalue weighted by Gasteiger charge is -2.13. The van der Waals surface area contributed by atoms with Crippen LogP contribution in [-0.4, -0.2) is 23.0 Å². The fraction of sp³-hybridized carbons (Fsp3) is 0.364. The number of rotatable bonds is 4. The van der Waals surface area contributed by atoms with Gasteiger partial charge in [0, 0.05) is 12.6 Å². The van der Waals surface area contributed by atoms with Crippen LogP contribution in [0.1, 0.15) is 20.3 Å². The summed E-state index contributed by atoms with van der Waals surface area (Å²) in [6, 6.07) is 1.45. The fourth-order valence-electron chi connectivity index (χ4n) is 1.06. The van der Waals surface area contributed by atoms with Crippen molar-refractivity contribution >= 4 is 40.9 Å². The van der Waals surface area contributed by atoms with Gasteiger partial charge in [-0.05, 0) is 13.0 Å². The smallest absolute Gasteiger partial charge is 0.306 e. The summed E-state index contributed by atoms with van der Waals surface area (Å²) in [5.74, 6) is -0.785. The van der Waals surface area contributed by atoms with Crippen LogP contribution in [0.4, 0.5) is 5.82 Å². The highest BCUT2D eigenvalue weighted by Crippen LogP contribution is 2.22. The molecule has 0 aliphatic heterocycles. The highest BCUT2D eigenvalue weighted by atomic mass is 35.5. The Morgan fingerprint density at radius 3 is 2.72 bits per heavy atom. The van der Waals surface area contributed by atoms with Gasteiger partial charge < -0.3 is 10.1 Å². The molecule has 1 heterocycles. The lowest BCUT2D eigenvalue weighted by atomic mass is 10.3. The Hall–Kier alpha value is -1.33. The largest absolute Gasteiger partial charge is 0.453 e. The lowest BCUT2D eigenvalue weighted by molar-refractivity contribution is -0.152. The molecule has 0 unspecified atom stereocenters. The number of aromatic nitrogens is 1. The third kappa shape index (κ3) is 4.16. The highest BCUT2D eigenvalue weighted by molar-refractivity contribution is 6.36. The van der Waals surface area contributed by atoms with Crippen LogP contribution in [-0.2, 0) is 14.3 Å². The molecule has 0 aliphatic rings. The number of amides is 1. The Balaban J connectivity index is 2.66. The van der Waals surface area contributed by atoms with Crippen molar-refractivity contribution in [2.24, 2.45) is 0 Å². The van der Waals surface area contributed by atoms with Crippen LogP contribution < -0.4 is 5.32 Å². The third-order valence-corrected chi connectivity index (χ3v) is 2.51. The van der Waals surface area contributed by atoms with Crippen LogP contribution in [0.3, 0.4) is 0 Å². The molecule has 1 aromatic rings. The maximum absolute atomic E-state index is 11.7. The van der Waals surface area contributed by atoms with Crippen LogP contribution >= 0.6 is 23.2 Å².